The van der Waals surface area contributed by atoms with Crippen LogP contribution in [0.2, 0.25) is 0 Å². The average Bonchev–Trinajstić information content (AvgIpc) is 2.88. The predicted octanol–water partition coefficient (Wildman–Crippen LogP) is 2.53. The standard InChI is InChI=1S/C15H18N4O4/c1-3-23-13-6-4-12(5-7-13)17-15(20)8-9-18-11(2)14(10-16-18)19(21)22/h4-7,10H,3,8-9H2,1-2H3,(H,17,20). The molecule has 8 nitrogen and oxygen atoms in total. The minimum atomic E-state index is -0.487. The van der Waals surface area contributed by atoms with Crippen LogP contribution in [0.25, 0.3) is 0 Å². The molecule has 1 aromatic carbocycles. The second kappa shape index (κ2) is 7.39. The summed E-state index contributed by atoms with van der Waals surface area (Å²) in [6.07, 6.45) is 1.37. The van der Waals surface area contributed by atoms with E-state index < -0.39 is 4.92 Å². The number of carbonyl (C=O) groups is 1. The van der Waals surface area contributed by atoms with Gasteiger partial charge in [-0.3, -0.25) is 19.6 Å². The van der Waals surface area contributed by atoms with Gasteiger partial charge in [-0.25, -0.2) is 0 Å². The molecule has 0 saturated carbocycles. The van der Waals surface area contributed by atoms with Gasteiger partial charge in [0.25, 0.3) is 0 Å². The molecule has 1 aromatic heterocycles. The van der Waals surface area contributed by atoms with Crippen molar-refractivity contribution < 1.29 is 14.5 Å². The highest BCUT2D eigenvalue weighted by molar-refractivity contribution is 5.90. The molecule has 1 heterocycles. The second-order valence-corrected chi connectivity index (χ2v) is 4.85. The Bertz CT molecular complexity index is 694. The number of nitro groups is 1. The Balaban J connectivity index is 1.89. The number of amides is 1. The number of benzene rings is 1. The molecule has 0 saturated heterocycles. The summed E-state index contributed by atoms with van der Waals surface area (Å²) in [5.74, 6) is 0.552. The number of rotatable bonds is 7. The fourth-order valence-corrected chi connectivity index (χ4v) is 2.07. The summed E-state index contributed by atoms with van der Waals surface area (Å²) in [7, 11) is 0. The Morgan fingerprint density at radius 3 is 2.65 bits per heavy atom. The SMILES string of the molecule is CCOc1ccc(NC(=O)CCn2ncc([N+](=O)[O-])c2C)cc1. The van der Waals surface area contributed by atoms with Gasteiger partial charge in [-0.2, -0.15) is 5.10 Å². The lowest BCUT2D eigenvalue weighted by Gasteiger charge is -2.07. The molecule has 0 aliphatic heterocycles. The van der Waals surface area contributed by atoms with Crippen molar-refractivity contribution in [1.29, 1.82) is 0 Å². The van der Waals surface area contributed by atoms with Crippen molar-refractivity contribution in [3.05, 3.63) is 46.3 Å². The number of nitrogens with one attached hydrogen (secondary N) is 1. The van der Waals surface area contributed by atoms with E-state index >= 15 is 0 Å². The van der Waals surface area contributed by atoms with Crippen LogP contribution >= 0.6 is 0 Å². The molecule has 1 N–H and O–H groups in total. The predicted molar refractivity (Wildman–Crippen MR) is 84.5 cm³/mol. The molecule has 2 aromatic rings. The zero-order valence-corrected chi connectivity index (χ0v) is 13.0. The smallest absolute Gasteiger partial charge is 0.309 e. The van der Waals surface area contributed by atoms with Crippen LogP contribution in [-0.2, 0) is 11.3 Å². The lowest BCUT2D eigenvalue weighted by Crippen LogP contribution is -2.15. The van der Waals surface area contributed by atoms with Crippen LogP contribution in [0.15, 0.2) is 30.5 Å². The van der Waals surface area contributed by atoms with Crippen LogP contribution in [-0.4, -0.2) is 27.2 Å². The molecule has 2 rings (SSSR count). The molecule has 23 heavy (non-hydrogen) atoms. The first kappa shape index (κ1) is 16.5. The van der Waals surface area contributed by atoms with Crippen LogP contribution in [0, 0.1) is 17.0 Å². The Morgan fingerprint density at radius 2 is 2.09 bits per heavy atom. The Kier molecular flexibility index (Phi) is 5.29. The number of nitrogens with zero attached hydrogens (tertiary/aromatic N) is 3. The third kappa shape index (κ3) is 4.29. The van der Waals surface area contributed by atoms with E-state index in [1.165, 1.54) is 10.9 Å². The molecule has 0 bridgehead atoms. The first-order valence-electron chi connectivity index (χ1n) is 7.20. The lowest BCUT2D eigenvalue weighted by atomic mass is 10.3. The summed E-state index contributed by atoms with van der Waals surface area (Å²) < 4.78 is 6.78. The summed E-state index contributed by atoms with van der Waals surface area (Å²) >= 11 is 0. The number of hydrogen-bond donors (Lipinski definition) is 1. The molecule has 122 valence electrons. The van der Waals surface area contributed by atoms with E-state index in [1.54, 1.807) is 31.2 Å². The summed E-state index contributed by atoms with van der Waals surface area (Å²) in [5.41, 5.74) is 1.06. The maximum absolute atomic E-state index is 11.9. The van der Waals surface area contributed by atoms with Gasteiger partial charge in [0, 0.05) is 12.1 Å². The Hall–Kier alpha value is -2.90. The van der Waals surface area contributed by atoms with Crippen molar-refractivity contribution in [2.24, 2.45) is 0 Å². The van der Waals surface area contributed by atoms with Crippen molar-refractivity contribution >= 4 is 17.3 Å². The van der Waals surface area contributed by atoms with E-state index in [0.29, 0.717) is 18.0 Å². The van der Waals surface area contributed by atoms with Gasteiger partial charge in [0.1, 0.15) is 17.6 Å². The van der Waals surface area contributed by atoms with E-state index in [2.05, 4.69) is 10.4 Å². The highest BCUT2D eigenvalue weighted by atomic mass is 16.6. The number of anilines is 1. The highest BCUT2D eigenvalue weighted by Gasteiger charge is 2.16. The average molecular weight is 318 g/mol. The van der Waals surface area contributed by atoms with Gasteiger partial charge in [0.15, 0.2) is 0 Å². The van der Waals surface area contributed by atoms with Gasteiger partial charge in [-0.15, -0.1) is 0 Å². The molecular weight excluding hydrogens is 300 g/mol. The van der Waals surface area contributed by atoms with Crippen molar-refractivity contribution in [1.82, 2.24) is 9.78 Å². The fraction of sp³-hybridized carbons (Fsp3) is 0.333. The van der Waals surface area contributed by atoms with Gasteiger partial charge in [-0.1, -0.05) is 0 Å². The number of ether oxygens (including phenoxy) is 1. The van der Waals surface area contributed by atoms with Gasteiger partial charge >= 0.3 is 5.69 Å². The first-order chi connectivity index (χ1) is 11.0. The number of aromatic nitrogens is 2. The summed E-state index contributed by atoms with van der Waals surface area (Å²) in [6, 6.07) is 7.07. The topological polar surface area (TPSA) is 99.3 Å². The molecule has 1 amide bonds. The van der Waals surface area contributed by atoms with Gasteiger partial charge in [-0.05, 0) is 38.1 Å². The van der Waals surface area contributed by atoms with E-state index in [9.17, 15) is 14.9 Å². The highest BCUT2D eigenvalue weighted by Crippen LogP contribution is 2.17. The van der Waals surface area contributed by atoms with E-state index in [4.69, 9.17) is 4.74 Å². The van der Waals surface area contributed by atoms with Crippen molar-refractivity contribution in [2.45, 2.75) is 26.8 Å². The second-order valence-electron chi connectivity index (χ2n) is 4.85. The molecule has 0 spiro atoms. The van der Waals surface area contributed by atoms with Crippen LogP contribution in [0.5, 0.6) is 5.75 Å². The molecule has 0 radical (unpaired) electrons. The fourth-order valence-electron chi connectivity index (χ4n) is 2.07. The van der Waals surface area contributed by atoms with E-state index in [-0.39, 0.29) is 24.6 Å². The van der Waals surface area contributed by atoms with Crippen LogP contribution in [0.4, 0.5) is 11.4 Å². The van der Waals surface area contributed by atoms with Gasteiger partial charge in [0.2, 0.25) is 5.91 Å². The zero-order chi connectivity index (χ0) is 16.8. The van der Waals surface area contributed by atoms with E-state index in [0.717, 1.165) is 5.75 Å². The van der Waals surface area contributed by atoms with Crippen LogP contribution in [0.3, 0.4) is 0 Å². The summed E-state index contributed by atoms with van der Waals surface area (Å²) in [5, 5.41) is 17.4. The largest absolute Gasteiger partial charge is 0.494 e. The minimum absolute atomic E-state index is 0.0445. The molecular formula is C15H18N4O4. The van der Waals surface area contributed by atoms with Crippen molar-refractivity contribution in [3.63, 3.8) is 0 Å². The Labute approximate surface area is 133 Å². The van der Waals surface area contributed by atoms with Crippen LogP contribution < -0.4 is 10.1 Å². The number of hydrogen-bond acceptors (Lipinski definition) is 5. The first-order valence-corrected chi connectivity index (χ1v) is 7.20. The van der Waals surface area contributed by atoms with Gasteiger partial charge < -0.3 is 10.1 Å². The lowest BCUT2D eigenvalue weighted by molar-refractivity contribution is -0.385. The molecule has 0 fully saturated rings. The van der Waals surface area contributed by atoms with Crippen molar-refractivity contribution in [2.75, 3.05) is 11.9 Å². The van der Waals surface area contributed by atoms with Crippen LogP contribution in [0.1, 0.15) is 19.0 Å². The normalized spacial score (nSPS) is 10.3. The minimum Gasteiger partial charge on any atom is -0.494 e. The van der Waals surface area contributed by atoms with Crippen molar-refractivity contribution in [3.8, 4) is 5.75 Å². The molecule has 8 heteroatoms. The maximum atomic E-state index is 11.9. The Morgan fingerprint density at radius 1 is 1.39 bits per heavy atom. The van der Waals surface area contributed by atoms with Gasteiger partial charge in [0.05, 0.1) is 18.1 Å². The number of carbonyl (C=O) groups excluding carboxylic acids is 1. The quantitative estimate of drug-likeness (QED) is 0.624. The monoisotopic (exact) mass is 318 g/mol. The zero-order valence-electron chi connectivity index (χ0n) is 13.0. The molecule has 0 aliphatic carbocycles. The molecule has 0 unspecified atom stereocenters. The number of aryl methyl sites for hydroxylation is 1. The maximum Gasteiger partial charge on any atom is 0.309 e. The molecule has 0 aliphatic rings. The molecule has 0 atom stereocenters. The van der Waals surface area contributed by atoms with E-state index in [1.807, 2.05) is 6.92 Å². The summed E-state index contributed by atoms with van der Waals surface area (Å²) in [4.78, 5) is 22.2. The third-order valence-corrected chi connectivity index (χ3v) is 3.27. The summed E-state index contributed by atoms with van der Waals surface area (Å²) in [6.45, 7) is 4.37. The third-order valence-electron chi connectivity index (χ3n) is 3.27.